The molecule has 3 aromatic rings. The topological polar surface area (TPSA) is 61.8 Å². The number of halogens is 2. The Kier molecular flexibility index (Phi) is 7.70. The molecule has 0 spiro atoms. The molecule has 0 aliphatic carbocycles. The average Bonchev–Trinajstić information content (AvgIpc) is 2.82. The standard InChI is InChI=1S/C25H21Cl2N3O2S/c26-18-10-12-19(13-11-18)28-25-30(15-14-17-6-2-1-3-7-17)23(31)16-22(33-25)24(32)29-21-9-5-4-8-20(21)27/h1-13,22H,14-16H2,(H,29,32). The highest BCUT2D eigenvalue weighted by Gasteiger charge is 2.36. The highest BCUT2D eigenvalue weighted by Crippen LogP contribution is 2.31. The molecule has 0 radical (unpaired) electrons. The van der Waals surface area contributed by atoms with E-state index in [1.807, 2.05) is 30.3 Å². The van der Waals surface area contributed by atoms with Crippen LogP contribution in [0.15, 0.2) is 83.9 Å². The molecular formula is C25H21Cl2N3O2S. The number of amidine groups is 1. The van der Waals surface area contributed by atoms with Gasteiger partial charge in [0, 0.05) is 18.0 Å². The fourth-order valence-electron chi connectivity index (χ4n) is 3.35. The summed E-state index contributed by atoms with van der Waals surface area (Å²) in [6.07, 6.45) is 0.763. The molecule has 168 valence electrons. The van der Waals surface area contributed by atoms with Crippen LogP contribution < -0.4 is 5.32 Å². The van der Waals surface area contributed by atoms with Gasteiger partial charge in [0.1, 0.15) is 5.25 Å². The molecule has 3 aromatic carbocycles. The Bertz CT molecular complexity index is 1170. The Balaban J connectivity index is 1.56. The fourth-order valence-corrected chi connectivity index (χ4v) is 4.78. The Morgan fingerprint density at radius 2 is 1.70 bits per heavy atom. The first-order valence-corrected chi connectivity index (χ1v) is 12.0. The Morgan fingerprint density at radius 1 is 1.00 bits per heavy atom. The molecule has 1 unspecified atom stereocenters. The van der Waals surface area contributed by atoms with Crippen molar-refractivity contribution in [3.05, 3.63) is 94.5 Å². The quantitative estimate of drug-likeness (QED) is 0.441. The van der Waals surface area contributed by atoms with E-state index in [2.05, 4.69) is 10.3 Å². The molecule has 1 fully saturated rings. The van der Waals surface area contributed by atoms with Gasteiger partial charge in [-0.25, -0.2) is 4.99 Å². The maximum absolute atomic E-state index is 13.1. The number of nitrogens with one attached hydrogen (secondary N) is 1. The number of thioether (sulfide) groups is 1. The van der Waals surface area contributed by atoms with Gasteiger partial charge in [-0.05, 0) is 48.4 Å². The van der Waals surface area contributed by atoms with Gasteiger partial charge in [-0.15, -0.1) is 0 Å². The molecule has 1 aliphatic heterocycles. The van der Waals surface area contributed by atoms with Gasteiger partial charge in [0.25, 0.3) is 0 Å². The van der Waals surface area contributed by atoms with Crippen LogP contribution >= 0.6 is 35.0 Å². The summed E-state index contributed by atoms with van der Waals surface area (Å²) in [6.45, 7) is 0.473. The van der Waals surface area contributed by atoms with E-state index in [1.165, 1.54) is 11.8 Å². The third-order valence-electron chi connectivity index (χ3n) is 5.08. The minimum atomic E-state index is -0.618. The second-order valence-corrected chi connectivity index (χ2v) is 9.45. The zero-order valence-corrected chi connectivity index (χ0v) is 19.9. The van der Waals surface area contributed by atoms with Crippen LogP contribution in [0.4, 0.5) is 11.4 Å². The minimum absolute atomic E-state index is 0.0788. The van der Waals surface area contributed by atoms with Crippen molar-refractivity contribution >= 4 is 63.3 Å². The van der Waals surface area contributed by atoms with E-state index in [9.17, 15) is 9.59 Å². The van der Waals surface area contributed by atoms with Crippen molar-refractivity contribution in [2.45, 2.75) is 18.1 Å². The molecule has 5 nitrogen and oxygen atoms in total. The normalized spacial score (nSPS) is 17.3. The van der Waals surface area contributed by atoms with Gasteiger partial charge < -0.3 is 5.32 Å². The molecule has 1 heterocycles. The van der Waals surface area contributed by atoms with Crippen molar-refractivity contribution in [2.24, 2.45) is 4.99 Å². The Morgan fingerprint density at radius 3 is 2.42 bits per heavy atom. The summed E-state index contributed by atoms with van der Waals surface area (Å²) < 4.78 is 0. The number of nitrogens with zero attached hydrogens (tertiary/aromatic N) is 2. The van der Waals surface area contributed by atoms with Crippen LogP contribution in [-0.2, 0) is 16.0 Å². The SMILES string of the molecule is O=C(Nc1ccccc1Cl)C1CC(=O)N(CCc2ccccc2)C(=Nc2ccc(Cl)cc2)S1. The zero-order valence-electron chi connectivity index (χ0n) is 17.6. The minimum Gasteiger partial charge on any atom is -0.324 e. The molecule has 33 heavy (non-hydrogen) atoms. The lowest BCUT2D eigenvalue weighted by molar-refractivity contribution is -0.129. The van der Waals surface area contributed by atoms with Crippen molar-refractivity contribution < 1.29 is 9.59 Å². The molecule has 1 N–H and O–H groups in total. The second-order valence-electron chi connectivity index (χ2n) is 7.43. The van der Waals surface area contributed by atoms with E-state index < -0.39 is 5.25 Å². The Labute approximate surface area is 206 Å². The van der Waals surface area contributed by atoms with Crippen LogP contribution in [0.2, 0.25) is 10.0 Å². The van der Waals surface area contributed by atoms with Gasteiger partial charge in [0.05, 0.1) is 16.4 Å². The predicted octanol–water partition coefficient (Wildman–Crippen LogP) is 6.20. The summed E-state index contributed by atoms with van der Waals surface area (Å²) in [4.78, 5) is 32.4. The summed E-state index contributed by atoms with van der Waals surface area (Å²) in [6, 6.07) is 24.0. The van der Waals surface area contributed by atoms with E-state index in [4.69, 9.17) is 23.2 Å². The van der Waals surface area contributed by atoms with Crippen LogP contribution in [0.25, 0.3) is 0 Å². The van der Waals surface area contributed by atoms with Gasteiger partial charge >= 0.3 is 0 Å². The molecule has 4 rings (SSSR count). The maximum Gasteiger partial charge on any atom is 0.238 e. The van der Waals surface area contributed by atoms with Crippen molar-refractivity contribution in [3.63, 3.8) is 0 Å². The van der Waals surface area contributed by atoms with Crippen LogP contribution in [0.1, 0.15) is 12.0 Å². The number of rotatable bonds is 6. The van der Waals surface area contributed by atoms with E-state index in [0.717, 1.165) is 5.56 Å². The van der Waals surface area contributed by atoms with E-state index in [0.29, 0.717) is 39.6 Å². The molecule has 1 atom stereocenters. The van der Waals surface area contributed by atoms with Gasteiger partial charge in [0.15, 0.2) is 5.17 Å². The van der Waals surface area contributed by atoms with Crippen LogP contribution in [0, 0.1) is 0 Å². The predicted molar refractivity (Wildman–Crippen MR) is 136 cm³/mol. The lowest BCUT2D eigenvalue weighted by Gasteiger charge is -2.32. The number of carbonyl (C=O) groups excluding carboxylic acids is 2. The monoisotopic (exact) mass is 497 g/mol. The van der Waals surface area contributed by atoms with E-state index in [-0.39, 0.29) is 18.2 Å². The largest absolute Gasteiger partial charge is 0.324 e. The second kappa shape index (κ2) is 10.9. The number of anilines is 1. The van der Waals surface area contributed by atoms with E-state index >= 15 is 0 Å². The first-order chi connectivity index (χ1) is 16.0. The lowest BCUT2D eigenvalue weighted by atomic mass is 10.1. The molecule has 1 saturated heterocycles. The number of benzene rings is 3. The smallest absolute Gasteiger partial charge is 0.238 e. The van der Waals surface area contributed by atoms with Gasteiger partial charge in [0.2, 0.25) is 11.8 Å². The average molecular weight is 498 g/mol. The zero-order chi connectivity index (χ0) is 23.2. The number of amides is 2. The number of hydrogen-bond donors (Lipinski definition) is 1. The highest BCUT2D eigenvalue weighted by atomic mass is 35.5. The number of hydrogen-bond acceptors (Lipinski definition) is 4. The molecule has 8 heteroatoms. The third kappa shape index (κ3) is 6.16. The first-order valence-electron chi connectivity index (χ1n) is 10.4. The molecule has 0 bridgehead atoms. The maximum atomic E-state index is 13.1. The van der Waals surface area contributed by atoms with Crippen LogP contribution in [0.3, 0.4) is 0 Å². The molecule has 2 amide bonds. The van der Waals surface area contributed by atoms with Gasteiger partial charge in [-0.1, -0.05) is 77.4 Å². The third-order valence-corrected chi connectivity index (χ3v) is 6.85. The molecule has 0 saturated carbocycles. The summed E-state index contributed by atoms with van der Waals surface area (Å²) >= 11 is 13.5. The van der Waals surface area contributed by atoms with E-state index in [1.54, 1.807) is 53.4 Å². The Hall–Kier alpha value is -2.80. The molecular weight excluding hydrogens is 477 g/mol. The lowest BCUT2D eigenvalue weighted by Crippen LogP contribution is -2.46. The van der Waals surface area contributed by atoms with Crippen molar-refractivity contribution in [3.8, 4) is 0 Å². The summed E-state index contributed by atoms with van der Waals surface area (Å²) in [5.74, 6) is -0.426. The number of carbonyl (C=O) groups is 2. The number of para-hydroxylation sites is 1. The van der Waals surface area contributed by atoms with Crippen LogP contribution in [-0.4, -0.2) is 33.7 Å². The summed E-state index contributed by atoms with van der Waals surface area (Å²) in [5, 5.41) is 3.75. The first kappa shape index (κ1) is 23.4. The van der Waals surface area contributed by atoms with Crippen molar-refractivity contribution in [1.29, 1.82) is 0 Å². The van der Waals surface area contributed by atoms with Gasteiger partial charge in [-0.3, -0.25) is 14.5 Å². The fraction of sp³-hybridized carbons (Fsp3) is 0.160. The summed E-state index contributed by atoms with van der Waals surface area (Å²) in [7, 11) is 0. The van der Waals surface area contributed by atoms with Gasteiger partial charge in [-0.2, -0.15) is 0 Å². The number of aliphatic imine (C=N–C) groups is 1. The molecule has 0 aromatic heterocycles. The molecule has 1 aliphatic rings. The van der Waals surface area contributed by atoms with Crippen molar-refractivity contribution in [2.75, 3.05) is 11.9 Å². The van der Waals surface area contributed by atoms with Crippen molar-refractivity contribution in [1.82, 2.24) is 4.90 Å². The summed E-state index contributed by atoms with van der Waals surface area (Å²) in [5.41, 5.74) is 2.30. The highest BCUT2D eigenvalue weighted by molar-refractivity contribution is 8.15. The van der Waals surface area contributed by atoms with Crippen LogP contribution in [0.5, 0.6) is 0 Å².